The smallest absolute Gasteiger partial charge is 0.691 e. The first kappa shape index (κ1) is 23.4. The van der Waals surface area contributed by atoms with E-state index in [0.29, 0.717) is 38.0 Å². The number of hydrogen-bond acceptors (Lipinski definition) is 9. The molecule has 0 heterocycles. The first-order valence-corrected chi connectivity index (χ1v) is 8.39. The van der Waals surface area contributed by atoms with E-state index in [9.17, 15) is 14.8 Å². The van der Waals surface area contributed by atoms with Crippen LogP contribution >= 0.6 is 24.1 Å². The summed E-state index contributed by atoms with van der Waals surface area (Å²) < 4.78 is 9.09. The molecule has 128 valence electrons. The monoisotopic (exact) mass is 378 g/mol. The second-order valence-electron chi connectivity index (χ2n) is 4.75. The fraction of sp³-hybridized carbons (Fsp3) is 0.818. The van der Waals surface area contributed by atoms with Crippen molar-refractivity contribution in [2.45, 2.75) is 30.9 Å². The van der Waals surface area contributed by atoms with Gasteiger partial charge in [-0.05, 0) is 25.7 Å². The molecular formula is C11H19N2NaO7S2. The van der Waals surface area contributed by atoms with Crippen molar-refractivity contribution < 1.29 is 63.0 Å². The third-order valence-electron chi connectivity index (χ3n) is 3.29. The molecule has 1 saturated carbocycles. The Kier molecular flexibility index (Phi) is 14.0. The van der Waals surface area contributed by atoms with Crippen LogP contribution < -0.4 is 46.3 Å². The quantitative estimate of drug-likeness (QED) is 0.123. The summed E-state index contributed by atoms with van der Waals surface area (Å²) in [6.07, 6.45) is 2.23. The zero-order chi connectivity index (χ0) is 16.4. The molecule has 2 amide bonds. The van der Waals surface area contributed by atoms with Gasteiger partial charge in [0, 0.05) is 41.0 Å². The Morgan fingerprint density at radius 3 is 2.43 bits per heavy atom. The molecule has 0 aromatic heterocycles. The standard InChI is InChI=1S/C11H20N2O7S2.Na/c12-10(14)8-3-2-7(6-9(8)11(13)15)22-19-17-4-1-5-21-20-18-16;/h7-9,16H,1-6H2,(H2,12,14)(H2,13,15);/q;+1/p-1. The molecule has 23 heavy (non-hydrogen) atoms. The zero-order valence-corrected chi connectivity index (χ0v) is 16.4. The van der Waals surface area contributed by atoms with Crippen molar-refractivity contribution >= 4 is 35.9 Å². The van der Waals surface area contributed by atoms with E-state index in [-0.39, 0.29) is 34.8 Å². The Hall–Kier alpha value is 0.440. The Bertz CT molecular complexity index is 367. The molecule has 0 bridgehead atoms. The van der Waals surface area contributed by atoms with E-state index >= 15 is 0 Å². The summed E-state index contributed by atoms with van der Waals surface area (Å²) in [5, 5.41) is 12.7. The predicted molar refractivity (Wildman–Crippen MR) is 76.9 cm³/mol. The van der Waals surface area contributed by atoms with Crippen molar-refractivity contribution in [2.75, 3.05) is 12.4 Å². The summed E-state index contributed by atoms with van der Waals surface area (Å²) in [6.45, 7) is 0.318. The fourth-order valence-corrected chi connectivity index (χ4v) is 3.32. The number of carbonyl (C=O) groups is 2. The van der Waals surface area contributed by atoms with E-state index in [0.717, 1.165) is 24.1 Å². The number of hydrogen-bond donors (Lipinski definition) is 2. The molecule has 0 aromatic rings. The summed E-state index contributed by atoms with van der Waals surface area (Å²) in [5.74, 6) is -1.56. The Balaban J connectivity index is 0.00000484. The van der Waals surface area contributed by atoms with Crippen LogP contribution in [0.15, 0.2) is 0 Å². The van der Waals surface area contributed by atoms with Crippen LogP contribution in [-0.4, -0.2) is 29.4 Å². The normalized spacial score (nSPS) is 24.0. The average molecular weight is 378 g/mol. The van der Waals surface area contributed by atoms with Gasteiger partial charge in [-0.2, -0.15) is 8.67 Å². The van der Waals surface area contributed by atoms with Gasteiger partial charge in [-0.1, -0.05) is 0 Å². The van der Waals surface area contributed by atoms with E-state index in [1.807, 2.05) is 0 Å². The molecule has 0 radical (unpaired) electrons. The van der Waals surface area contributed by atoms with Crippen LogP contribution in [0, 0.1) is 11.8 Å². The minimum absolute atomic E-state index is 0. The third kappa shape index (κ3) is 9.48. The van der Waals surface area contributed by atoms with E-state index < -0.39 is 23.7 Å². The number of amides is 2. The molecule has 3 atom stereocenters. The zero-order valence-electron chi connectivity index (χ0n) is 12.8. The molecule has 3 unspecified atom stereocenters. The summed E-state index contributed by atoms with van der Waals surface area (Å²) >= 11 is 1.98. The molecule has 1 aliphatic carbocycles. The van der Waals surface area contributed by atoms with Gasteiger partial charge in [-0.25, -0.2) is 4.89 Å². The van der Waals surface area contributed by atoms with Crippen LogP contribution in [0.3, 0.4) is 0 Å². The first-order chi connectivity index (χ1) is 10.6. The number of carbonyl (C=O) groups excluding carboxylic acids is 2. The predicted octanol–water partition coefficient (Wildman–Crippen LogP) is -3.40. The molecule has 0 aliphatic heterocycles. The number of nitrogens with two attached hydrogens (primary N) is 2. The van der Waals surface area contributed by atoms with Gasteiger partial charge in [0.15, 0.2) is 0 Å². The maximum Gasteiger partial charge on any atom is 1.00 e. The van der Waals surface area contributed by atoms with Gasteiger partial charge in [0.25, 0.3) is 0 Å². The van der Waals surface area contributed by atoms with Gasteiger partial charge in [-0.15, -0.1) is 0 Å². The minimum atomic E-state index is -0.562. The molecule has 1 fully saturated rings. The second-order valence-corrected chi connectivity index (χ2v) is 6.53. The van der Waals surface area contributed by atoms with E-state index in [1.165, 1.54) is 0 Å². The van der Waals surface area contributed by atoms with Gasteiger partial charge >= 0.3 is 29.6 Å². The van der Waals surface area contributed by atoms with Crippen molar-refractivity contribution in [1.29, 1.82) is 0 Å². The first-order valence-electron chi connectivity index (χ1n) is 6.68. The molecule has 1 aliphatic rings. The number of rotatable bonds is 11. The van der Waals surface area contributed by atoms with Gasteiger partial charge in [0.2, 0.25) is 11.8 Å². The van der Waals surface area contributed by atoms with Crippen LogP contribution in [-0.2, 0) is 28.2 Å². The maximum atomic E-state index is 11.4. The summed E-state index contributed by atoms with van der Waals surface area (Å²) in [4.78, 5) is 27.7. The van der Waals surface area contributed by atoms with Crippen LogP contribution in [0.4, 0.5) is 0 Å². The summed E-state index contributed by atoms with van der Waals surface area (Å²) in [5.41, 5.74) is 10.6. The van der Waals surface area contributed by atoms with Gasteiger partial charge in [0.1, 0.15) is 0 Å². The molecule has 1 rings (SSSR count). The van der Waals surface area contributed by atoms with Crippen LogP contribution in [0.2, 0.25) is 0 Å². The van der Waals surface area contributed by atoms with Gasteiger partial charge in [0.05, 0.1) is 12.5 Å². The topological polar surface area (TPSA) is 146 Å². The van der Waals surface area contributed by atoms with Crippen molar-refractivity contribution in [2.24, 2.45) is 23.3 Å². The van der Waals surface area contributed by atoms with Crippen molar-refractivity contribution in [1.82, 2.24) is 0 Å². The minimum Gasteiger partial charge on any atom is -0.691 e. The molecule has 4 N–H and O–H groups in total. The SMILES string of the molecule is NC(=O)C1CCC(SOOCCCSOO[O-])CC1C(N)=O.[Na+]. The molecule has 9 nitrogen and oxygen atoms in total. The average Bonchev–Trinajstić information content (AvgIpc) is 2.49. The van der Waals surface area contributed by atoms with E-state index in [2.05, 4.69) is 9.37 Å². The van der Waals surface area contributed by atoms with Crippen LogP contribution in [0.1, 0.15) is 25.7 Å². The second kappa shape index (κ2) is 13.7. The van der Waals surface area contributed by atoms with Crippen molar-refractivity contribution in [3.8, 4) is 0 Å². The third-order valence-corrected chi connectivity index (χ3v) is 4.77. The Morgan fingerprint density at radius 2 is 1.83 bits per heavy atom. The van der Waals surface area contributed by atoms with Gasteiger partial charge in [-0.3, -0.25) is 14.6 Å². The van der Waals surface area contributed by atoms with Crippen molar-refractivity contribution in [3.63, 3.8) is 0 Å². The van der Waals surface area contributed by atoms with Gasteiger partial charge < -0.3 is 16.7 Å². The largest absolute Gasteiger partial charge is 1.00 e. The molecule has 0 spiro atoms. The van der Waals surface area contributed by atoms with Crippen LogP contribution in [0.25, 0.3) is 0 Å². The van der Waals surface area contributed by atoms with E-state index in [1.54, 1.807) is 0 Å². The van der Waals surface area contributed by atoms with Crippen molar-refractivity contribution in [3.05, 3.63) is 0 Å². The Morgan fingerprint density at radius 1 is 1.13 bits per heavy atom. The molecule has 0 aromatic carbocycles. The fourth-order valence-electron chi connectivity index (χ4n) is 2.22. The van der Waals surface area contributed by atoms with Crippen LogP contribution in [0.5, 0.6) is 0 Å². The maximum absolute atomic E-state index is 11.4. The number of primary amides is 2. The summed E-state index contributed by atoms with van der Waals surface area (Å²) in [7, 11) is 0. The molecule has 12 heteroatoms. The summed E-state index contributed by atoms with van der Waals surface area (Å²) in [6, 6.07) is 0. The molecule has 0 saturated heterocycles. The molecular weight excluding hydrogens is 359 g/mol. The Labute approximate surface area is 164 Å². The van der Waals surface area contributed by atoms with E-state index in [4.69, 9.17) is 20.7 Å².